The molecule has 2 aromatic carbocycles. The molecule has 0 atom stereocenters. The Morgan fingerprint density at radius 2 is 1.83 bits per heavy atom. The minimum Gasteiger partial charge on any atom is -0.352 e. The van der Waals surface area contributed by atoms with E-state index in [0.717, 1.165) is 49.2 Å². The van der Waals surface area contributed by atoms with Crippen molar-refractivity contribution < 1.29 is 9.59 Å². The average Bonchev–Trinajstić information content (AvgIpc) is 3.17. The van der Waals surface area contributed by atoms with Crippen LogP contribution in [0.25, 0.3) is 11.0 Å². The zero-order valence-electron chi connectivity index (χ0n) is 17.4. The molecule has 0 unspecified atom stereocenters. The molecule has 1 saturated heterocycles. The van der Waals surface area contributed by atoms with Crippen molar-refractivity contribution >= 4 is 22.8 Å². The van der Waals surface area contributed by atoms with E-state index in [0.29, 0.717) is 24.4 Å². The third kappa shape index (κ3) is 4.87. The standard InChI is InChI=1S/C24H28N4O2/c1-17(29)28-14-11-19(12-15-28)16-18-6-8-20(9-7-18)24(30)25-13-10-23-26-21-4-2-3-5-22(21)27-23/h2-9,19H,10-16H2,1H3,(H,25,30)(H,26,27). The van der Waals surface area contributed by atoms with E-state index in [1.165, 1.54) is 5.56 Å². The maximum Gasteiger partial charge on any atom is 0.251 e. The van der Waals surface area contributed by atoms with Crippen LogP contribution in [0.15, 0.2) is 48.5 Å². The minimum atomic E-state index is -0.0626. The molecule has 3 aromatic rings. The molecule has 0 radical (unpaired) electrons. The van der Waals surface area contributed by atoms with Gasteiger partial charge in [0.05, 0.1) is 11.0 Å². The van der Waals surface area contributed by atoms with Gasteiger partial charge in [0.15, 0.2) is 0 Å². The Balaban J connectivity index is 1.24. The molecule has 4 rings (SSSR count). The first-order valence-electron chi connectivity index (χ1n) is 10.6. The van der Waals surface area contributed by atoms with Crippen molar-refractivity contribution in [2.45, 2.75) is 32.6 Å². The summed E-state index contributed by atoms with van der Waals surface area (Å²) in [5, 5.41) is 2.97. The number of rotatable bonds is 6. The number of H-pyrrole nitrogens is 1. The van der Waals surface area contributed by atoms with E-state index in [9.17, 15) is 9.59 Å². The lowest BCUT2D eigenvalue weighted by molar-refractivity contribution is -0.130. The number of likely N-dealkylation sites (tertiary alicyclic amines) is 1. The van der Waals surface area contributed by atoms with E-state index >= 15 is 0 Å². The first-order chi connectivity index (χ1) is 14.6. The summed E-state index contributed by atoms with van der Waals surface area (Å²) in [6.45, 7) is 3.88. The van der Waals surface area contributed by atoms with Crippen LogP contribution >= 0.6 is 0 Å². The molecule has 0 aliphatic carbocycles. The lowest BCUT2D eigenvalue weighted by Crippen LogP contribution is -2.37. The summed E-state index contributed by atoms with van der Waals surface area (Å²) in [7, 11) is 0. The van der Waals surface area contributed by atoms with Crippen LogP contribution in [-0.2, 0) is 17.6 Å². The van der Waals surface area contributed by atoms with Crippen LogP contribution in [0.5, 0.6) is 0 Å². The van der Waals surface area contributed by atoms with E-state index in [-0.39, 0.29) is 11.8 Å². The highest BCUT2D eigenvalue weighted by Crippen LogP contribution is 2.22. The quantitative estimate of drug-likeness (QED) is 0.661. The summed E-state index contributed by atoms with van der Waals surface area (Å²) in [6, 6.07) is 15.8. The second-order valence-corrected chi connectivity index (χ2v) is 8.06. The number of hydrogen-bond donors (Lipinski definition) is 2. The van der Waals surface area contributed by atoms with E-state index < -0.39 is 0 Å². The number of carbonyl (C=O) groups is 2. The molecule has 1 aliphatic heterocycles. The van der Waals surface area contributed by atoms with Crippen molar-refractivity contribution in [3.8, 4) is 0 Å². The number of aromatic amines is 1. The zero-order valence-corrected chi connectivity index (χ0v) is 17.4. The first-order valence-corrected chi connectivity index (χ1v) is 10.6. The van der Waals surface area contributed by atoms with Gasteiger partial charge >= 0.3 is 0 Å². The molecule has 156 valence electrons. The number of hydrogen-bond acceptors (Lipinski definition) is 3. The molecule has 6 nitrogen and oxygen atoms in total. The van der Waals surface area contributed by atoms with Crippen LogP contribution in [0.1, 0.15) is 41.5 Å². The summed E-state index contributed by atoms with van der Waals surface area (Å²) in [5.41, 5.74) is 3.88. The van der Waals surface area contributed by atoms with Gasteiger partial charge in [0.25, 0.3) is 5.91 Å². The van der Waals surface area contributed by atoms with Gasteiger partial charge in [-0.3, -0.25) is 9.59 Å². The third-order valence-corrected chi connectivity index (χ3v) is 5.89. The maximum atomic E-state index is 12.4. The Bertz CT molecular complexity index is 984. The molecular formula is C24H28N4O2. The summed E-state index contributed by atoms with van der Waals surface area (Å²) in [6.07, 6.45) is 3.75. The number of fused-ring (bicyclic) bond motifs is 1. The van der Waals surface area contributed by atoms with Gasteiger partial charge in [-0.2, -0.15) is 0 Å². The summed E-state index contributed by atoms with van der Waals surface area (Å²) < 4.78 is 0. The molecule has 1 aliphatic rings. The van der Waals surface area contributed by atoms with E-state index in [1.54, 1.807) is 6.92 Å². The highest BCUT2D eigenvalue weighted by molar-refractivity contribution is 5.94. The van der Waals surface area contributed by atoms with Crippen molar-refractivity contribution in [1.29, 1.82) is 0 Å². The second-order valence-electron chi connectivity index (χ2n) is 8.06. The fraction of sp³-hybridized carbons (Fsp3) is 0.375. The smallest absolute Gasteiger partial charge is 0.251 e. The highest BCUT2D eigenvalue weighted by Gasteiger charge is 2.20. The molecule has 0 bridgehead atoms. The van der Waals surface area contributed by atoms with Crippen molar-refractivity contribution in [2.75, 3.05) is 19.6 Å². The topological polar surface area (TPSA) is 78.1 Å². The SMILES string of the molecule is CC(=O)N1CCC(Cc2ccc(C(=O)NCCc3nc4ccccc4[nH]3)cc2)CC1. The van der Waals surface area contributed by atoms with Gasteiger partial charge in [0, 0.05) is 38.5 Å². The molecule has 0 spiro atoms. The van der Waals surface area contributed by atoms with Gasteiger partial charge in [0.1, 0.15) is 5.82 Å². The molecule has 1 fully saturated rings. The molecule has 0 saturated carbocycles. The fourth-order valence-corrected chi connectivity index (χ4v) is 4.10. The number of piperidine rings is 1. The number of nitrogens with one attached hydrogen (secondary N) is 2. The molecule has 30 heavy (non-hydrogen) atoms. The third-order valence-electron chi connectivity index (χ3n) is 5.89. The summed E-state index contributed by atoms with van der Waals surface area (Å²) >= 11 is 0. The van der Waals surface area contributed by atoms with Gasteiger partial charge in [-0.15, -0.1) is 0 Å². The van der Waals surface area contributed by atoms with Gasteiger partial charge in [0.2, 0.25) is 5.91 Å². The highest BCUT2D eigenvalue weighted by atomic mass is 16.2. The maximum absolute atomic E-state index is 12.4. The van der Waals surface area contributed by atoms with Crippen LogP contribution in [0.3, 0.4) is 0 Å². The van der Waals surface area contributed by atoms with Crippen LogP contribution < -0.4 is 5.32 Å². The first kappa shape index (κ1) is 20.1. The number of para-hydroxylation sites is 2. The fourth-order valence-electron chi connectivity index (χ4n) is 4.10. The number of imidazole rings is 1. The average molecular weight is 405 g/mol. The monoisotopic (exact) mass is 404 g/mol. The van der Waals surface area contributed by atoms with E-state index in [2.05, 4.69) is 15.3 Å². The Labute approximate surface area is 176 Å². The Hall–Kier alpha value is -3.15. The van der Waals surface area contributed by atoms with Crippen LogP contribution in [0.4, 0.5) is 0 Å². The van der Waals surface area contributed by atoms with Crippen molar-refractivity contribution in [2.24, 2.45) is 5.92 Å². The van der Waals surface area contributed by atoms with Gasteiger partial charge < -0.3 is 15.2 Å². The molecule has 2 heterocycles. The van der Waals surface area contributed by atoms with Gasteiger partial charge in [-0.25, -0.2) is 4.98 Å². The number of carbonyl (C=O) groups excluding carboxylic acids is 2. The van der Waals surface area contributed by atoms with Crippen LogP contribution in [-0.4, -0.2) is 46.3 Å². The molecule has 2 N–H and O–H groups in total. The number of benzene rings is 2. The normalized spacial score (nSPS) is 14.8. The second kappa shape index (κ2) is 9.11. The number of amides is 2. The minimum absolute atomic E-state index is 0.0626. The Kier molecular flexibility index (Phi) is 6.12. The molecule has 1 aromatic heterocycles. The van der Waals surface area contributed by atoms with Gasteiger partial charge in [-0.05, 0) is 55.0 Å². The zero-order chi connectivity index (χ0) is 20.9. The van der Waals surface area contributed by atoms with Crippen molar-refractivity contribution in [3.63, 3.8) is 0 Å². The van der Waals surface area contributed by atoms with Gasteiger partial charge in [-0.1, -0.05) is 24.3 Å². The molecule has 6 heteroatoms. The summed E-state index contributed by atoms with van der Waals surface area (Å²) in [5.74, 6) is 1.59. The Morgan fingerprint density at radius 1 is 1.10 bits per heavy atom. The van der Waals surface area contributed by atoms with Crippen LogP contribution in [0, 0.1) is 5.92 Å². The van der Waals surface area contributed by atoms with Crippen LogP contribution in [0.2, 0.25) is 0 Å². The van der Waals surface area contributed by atoms with Crippen molar-refractivity contribution in [1.82, 2.24) is 20.2 Å². The van der Waals surface area contributed by atoms with Crippen molar-refractivity contribution in [3.05, 3.63) is 65.5 Å². The van der Waals surface area contributed by atoms with E-state index in [1.807, 2.05) is 53.4 Å². The Morgan fingerprint density at radius 3 is 2.53 bits per heavy atom. The lowest BCUT2D eigenvalue weighted by atomic mass is 9.90. The lowest BCUT2D eigenvalue weighted by Gasteiger charge is -2.31. The number of nitrogens with zero attached hydrogens (tertiary/aromatic N) is 2. The largest absolute Gasteiger partial charge is 0.352 e. The van der Waals surface area contributed by atoms with E-state index in [4.69, 9.17) is 0 Å². The predicted octanol–water partition coefficient (Wildman–Crippen LogP) is 3.34. The molecule has 2 amide bonds. The molecular weight excluding hydrogens is 376 g/mol. The number of aromatic nitrogens is 2. The predicted molar refractivity (Wildman–Crippen MR) is 117 cm³/mol. The summed E-state index contributed by atoms with van der Waals surface area (Å²) in [4.78, 5) is 33.6.